The van der Waals surface area contributed by atoms with E-state index in [-0.39, 0.29) is 17.2 Å². The van der Waals surface area contributed by atoms with Gasteiger partial charge in [-0.2, -0.15) is 0 Å². The largest absolute Gasteiger partial charge is 0.472 e. The highest BCUT2D eigenvalue weighted by atomic mass is 32.2. The van der Waals surface area contributed by atoms with Crippen LogP contribution in [0.5, 0.6) is 0 Å². The summed E-state index contributed by atoms with van der Waals surface area (Å²) in [4.78, 5) is 25.1. The highest BCUT2D eigenvalue weighted by Gasteiger charge is 2.30. The molecule has 0 unspecified atom stereocenters. The molecule has 7 nitrogen and oxygen atoms in total. The van der Waals surface area contributed by atoms with Crippen LogP contribution >= 0.6 is 0 Å². The molecule has 1 atom stereocenters. The molecule has 0 radical (unpaired) electrons. The highest BCUT2D eigenvalue weighted by molar-refractivity contribution is 7.91. The van der Waals surface area contributed by atoms with E-state index in [2.05, 4.69) is 10.6 Å². The summed E-state index contributed by atoms with van der Waals surface area (Å²) >= 11 is 0. The van der Waals surface area contributed by atoms with E-state index in [1.54, 1.807) is 30.3 Å². The van der Waals surface area contributed by atoms with Gasteiger partial charge in [0.2, 0.25) is 0 Å². The van der Waals surface area contributed by atoms with Gasteiger partial charge in [0.05, 0.1) is 24.0 Å². The molecule has 3 rings (SSSR count). The Morgan fingerprint density at radius 1 is 1.19 bits per heavy atom. The van der Waals surface area contributed by atoms with Gasteiger partial charge in [-0.3, -0.25) is 9.59 Å². The molecule has 2 N–H and O–H groups in total. The lowest BCUT2D eigenvalue weighted by molar-refractivity contribution is -0.118. The van der Waals surface area contributed by atoms with Crippen LogP contribution in [0.1, 0.15) is 27.9 Å². The Hall–Kier alpha value is -2.87. The Labute approximate surface area is 157 Å². The molecule has 1 saturated heterocycles. The molecular formula is C19H20N2O5S. The SMILES string of the molecule is Cc1ccc(C(=O)N/C(=C/c2ccoc2)C(=O)N[C@@H]2CCS(=O)(=O)C2)cc1. The maximum absolute atomic E-state index is 12.6. The fourth-order valence-corrected chi connectivity index (χ4v) is 4.43. The van der Waals surface area contributed by atoms with Crippen molar-refractivity contribution in [3.8, 4) is 0 Å². The lowest BCUT2D eigenvalue weighted by atomic mass is 10.1. The minimum atomic E-state index is -3.12. The molecular weight excluding hydrogens is 368 g/mol. The molecule has 142 valence electrons. The first-order valence-corrected chi connectivity index (χ1v) is 10.3. The lowest BCUT2D eigenvalue weighted by Crippen LogP contribution is -2.41. The molecule has 27 heavy (non-hydrogen) atoms. The van der Waals surface area contributed by atoms with Gasteiger partial charge in [-0.1, -0.05) is 17.7 Å². The zero-order chi connectivity index (χ0) is 19.4. The molecule has 0 bridgehead atoms. The fraction of sp³-hybridized carbons (Fsp3) is 0.263. The molecule has 0 aliphatic carbocycles. The summed E-state index contributed by atoms with van der Waals surface area (Å²) in [5, 5.41) is 5.29. The van der Waals surface area contributed by atoms with E-state index < -0.39 is 27.7 Å². The number of hydrogen-bond acceptors (Lipinski definition) is 5. The zero-order valence-corrected chi connectivity index (χ0v) is 15.6. The monoisotopic (exact) mass is 388 g/mol. The molecule has 1 aromatic carbocycles. The van der Waals surface area contributed by atoms with E-state index in [0.29, 0.717) is 17.5 Å². The fourth-order valence-electron chi connectivity index (χ4n) is 2.75. The third-order valence-corrected chi connectivity index (χ3v) is 6.00. The van der Waals surface area contributed by atoms with Gasteiger partial charge in [-0.05, 0) is 37.6 Å². The van der Waals surface area contributed by atoms with E-state index >= 15 is 0 Å². The molecule has 2 aromatic rings. The number of nitrogens with one attached hydrogen (secondary N) is 2. The van der Waals surface area contributed by atoms with Crippen molar-refractivity contribution >= 4 is 27.7 Å². The maximum atomic E-state index is 12.6. The van der Waals surface area contributed by atoms with Gasteiger partial charge in [0, 0.05) is 17.2 Å². The van der Waals surface area contributed by atoms with E-state index in [9.17, 15) is 18.0 Å². The van der Waals surface area contributed by atoms with Crippen molar-refractivity contribution in [2.75, 3.05) is 11.5 Å². The Bertz CT molecular complexity index is 960. The Morgan fingerprint density at radius 2 is 1.93 bits per heavy atom. The molecule has 0 saturated carbocycles. The van der Waals surface area contributed by atoms with Crippen molar-refractivity contribution in [1.29, 1.82) is 0 Å². The average Bonchev–Trinajstić information content (AvgIpc) is 3.24. The standard InChI is InChI=1S/C19H20N2O5S/c1-13-2-4-15(5-3-13)18(22)21-17(10-14-6-8-26-11-14)19(23)20-16-7-9-27(24,25)12-16/h2-6,8,10-11,16H,7,9,12H2,1H3,(H,20,23)(H,21,22)/b17-10+/t16-/m1/s1. The number of sulfone groups is 1. The van der Waals surface area contributed by atoms with E-state index in [1.807, 2.05) is 6.92 Å². The third kappa shape index (κ3) is 5.07. The van der Waals surface area contributed by atoms with Gasteiger partial charge in [-0.25, -0.2) is 8.42 Å². The third-order valence-electron chi connectivity index (χ3n) is 4.23. The number of amides is 2. The summed E-state index contributed by atoms with van der Waals surface area (Å²) in [5.41, 5.74) is 2.05. The van der Waals surface area contributed by atoms with Crippen molar-refractivity contribution in [3.05, 3.63) is 65.2 Å². The van der Waals surface area contributed by atoms with Crippen LogP contribution in [-0.4, -0.2) is 37.8 Å². The average molecular weight is 388 g/mol. The summed E-state index contributed by atoms with van der Waals surface area (Å²) in [6.45, 7) is 1.91. The Morgan fingerprint density at radius 3 is 2.52 bits per heavy atom. The van der Waals surface area contributed by atoms with Crippen molar-refractivity contribution in [2.45, 2.75) is 19.4 Å². The first kappa shape index (κ1) is 18.9. The summed E-state index contributed by atoms with van der Waals surface area (Å²) < 4.78 is 28.2. The first-order chi connectivity index (χ1) is 12.8. The number of benzene rings is 1. The number of carbonyl (C=O) groups is 2. The summed E-state index contributed by atoms with van der Waals surface area (Å²) in [7, 11) is -3.12. The number of carbonyl (C=O) groups excluding carboxylic acids is 2. The van der Waals surface area contributed by atoms with Crippen LogP contribution in [0, 0.1) is 6.92 Å². The van der Waals surface area contributed by atoms with Gasteiger partial charge in [0.15, 0.2) is 9.84 Å². The van der Waals surface area contributed by atoms with Crippen LogP contribution in [0.15, 0.2) is 53.0 Å². The molecule has 1 aliphatic heterocycles. The van der Waals surface area contributed by atoms with E-state index in [1.165, 1.54) is 18.6 Å². The molecule has 1 aromatic heterocycles. The normalized spacial score (nSPS) is 18.9. The quantitative estimate of drug-likeness (QED) is 0.758. The second-order valence-electron chi connectivity index (χ2n) is 6.51. The molecule has 2 heterocycles. The zero-order valence-electron chi connectivity index (χ0n) is 14.8. The van der Waals surface area contributed by atoms with Crippen LogP contribution in [0.4, 0.5) is 0 Å². The first-order valence-electron chi connectivity index (χ1n) is 8.45. The van der Waals surface area contributed by atoms with Crippen LogP contribution in [0.25, 0.3) is 6.08 Å². The number of aryl methyl sites for hydroxylation is 1. The predicted octanol–water partition coefficient (Wildman–Crippen LogP) is 1.66. The van der Waals surface area contributed by atoms with Crippen molar-refractivity contribution < 1.29 is 22.4 Å². The minimum Gasteiger partial charge on any atom is -0.472 e. The van der Waals surface area contributed by atoms with Crippen molar-refractivity contribution in [2.24, 2.45) is 0 Å². The van der Waals surface area contributed by atoms with Gasteiger partial charge in [0.1, 0.15) is 5.70 Å². The second-order valence-corrected chi connectivity index (χ2v) is 8.74. The number of rotatable bonds is 5. The summed E-state index contributed by atoms with van der Waals surface area (Å²) in [6, 6.07) is 8.12. The van der Waals surface area contributed by atoms with Crippen molar-refractivity contribution in [1.82, 2.24) is 10.6 Å². The van der Waals surface area contributed by atoms with Crippen LogP contribution < -0.4 is 10.6 Å². The Balaban J connectivity index is 1.77. The Kier molecular flexibility index (Phi) is 5.46. The van der Waals surface area contributed by atoms with Gasteiger partial charge in [-0.15, -0.1) is 0 Å². The van der Waals surface area contributed by atoms with Gasteiger partial charge in [0.25, 0.3) is 11.8 Å². The van der Waals surface area contributed by atoms with Crippen LogP contribution in [-0.2, 0) is 14.6 Å². The lowest BCUT2D eigenvalue weighted by Gasteiger charge is -2.14. The van der Waals surface area contributed by atoms with E-state index in [0.717, 1.165) is 5.56 Å². The molecule has 2 amide bonds. The smallest absolute Gasteiger partial charge is 0.268 e. The predicted molar refractivity (Wildman–Crippen MR) is 101 cm³/mol. The van der Waals surface area contributed by atoms with Crippen LogP contribution in [0.3, 0.4) is 0 Å². The van der Waals surface area contributed by atoms with Gasteiger partial charge >= 0.3 is 0 Å². The van der Waals surface area contributed by atoms with E-state index in [4.69, 9.17) is 4.42 Å². The van der Waals surface area contributed by atoms with Crippen molar-refractivity contribution in [3.63, 3.8) is 0 Å². The minimum absolute atomic E-state index is 0.0197. The molecule has 1 aliphatic rings. The summed E-state index contributed by atoms with van der Waals surface area (Å²) in [6.07, 6.45) is 4.73. The topological polar surface area (TPSA) is 105 Å². The highest BCUT2D eigenvalue weighted by Crippen LogP contribution is 2.13. The summed E-state index contributed by atoms with van der Waals surface area (Å²) in [5.74, 6) is -1.02. The molecule has 1 fully saturated rings. The number of hydrogen-bond donors (Lipinski definition) is 2. The molecule has 8 heteroatoms. The van der Waals surface area contributed by atoms with Crippen LogP contribution in [0.2, 0.25) is 0 Å². The second kappa shape index (κ2) is 7.79. The van der Waals surface area contributed by atoms with Gasteiger partial charge < -0.3 is 15.1 Å². The number of furan rings is 1. The molecule has 0 spiro atoms. The maximum Gasteiger partial charge on any atom is 0.268 e.